The van der Waals surface area contributed by atoms with E-state index >= 15 is 0 Å². The highest BCUT2D eigenvalue weighted by Gasteiger charge is 2.20. The summed E-state index contributed by atoms with van der Waals surface area (Å²) in [5.74, 6) is -0.272. The van der Waals surface area contributed by atoms with Crippen molar-refractivity contribution in [2.45, 2.75) is 0 Å². The first-order valence-corrected chi connectivity index (χ1v) is 6.65. The largest absolute Gasteiger partial charge is 0.389 e. The van der Waals surface area contributed by atoms with E-state index in [-0.39, 0.29) is 21.9 Å². The summed E-state index contributed by atoms with van der Waals surface area (Å²) in [5.41, 5.74) is 6.97. The van der Waals surface area contributed by atoms with Crippen LogP contribution in [0.25, 0.3) is 5.57 Å². The summed E-state index contributed by atoms with van der Waals surface area (Å²) < 4.78 is 0. The lowest BCUT2D eigenvalue weighted by Crippen LogP contribution is -2.16. The van der Waals surface area contributed by atoms with Crippen LogP contribution in [0.3, 0.4) is 0 Å². The van der Waals surface area contributed by atoms with Crippen LogP contribution in [0.1, 0.15) is 15.9 Å². The average molecular weight is 292 g/mol. The predicted molar refractivity (Wildman–Crippen MR) is 86.5 cm³/mol. The number of carbonyl (C=O) groups is 1. The number of carbonyl (C=O) groups excluding carboxylic acids is 1. The van der Waals surface area contributed by atoms with Gasteiger partial charge in [0, 0.05) is 5.56 Å². The van der Waals surface area contributed by atoms with Gasteiger partial charge in [0.05, 0.1) is 11.1 Å². The van der Waals surface area contributed by atoms with Crippen molar-refractivity contribution >= 4 is 28.6 Å². The van der Waals surface area contributed by atoms with E-state index in [4.69, 9.17) is 18.0 Å². The SMILES string of the molecule is N#C/C(C(N)=S)=C(\C(=O)c1ccccc1)c1ccccc1. The topological polar surface area (TPSA) is 66.9 Å². The smallest absolute Gasteiger partial charge is 0.195 e. The number of nitriles is 1. The van der Waals surface area contributed by atoms with Gasteiger partial charge in [0.25, 0.3) is 0 Å². The van der Waals surface area contributed by atoms with E-state index in [0.29, 0.717) is 11.1 Å². The summed E-state index contributed by atoms with van der Waals surface area (Å²) in [4.78, 5) is 12.6. The number of thiocarbonyl (C=S) groups is 1. The van der Waals surface area contributed by atoms with E-state index in [1.165, 1.54) is 0 Å². The molecule has 0 amide bonds. The molecule has 3 nitrogen and oxygen atoms in total. The molecule has 0 saturated carbocycles. The van der Waals surface area contributed by atoms with Gasteiger partial charge in [-0.05, 0) is 5.56 Å². The van der Waals surface area contributed by atoms with Crippen LogP contribution < -0.4 is 5.73 Å². The van der Waals surface area contributed by atoms with Crippen molar-refractivity contribution in [1.82, 2.24) is 0 Å². The number of hydrogen-bond donors (Lipinski definition) is 1. The van der Waals surface area contributed by atoms with Gasteiger partial charge in [0.1, 0.15) is 11.1 Å². The normalized spacial score (nSPS) is 11.2. The maximum absolute atomic E-state index is 12.7. The molecule has 21 heavy (non-hydrogen) atoms. The molecule has 0 spiro atoms. The van der Waals surface area contributed by atoms with Crippen molar-refractivity contribution in [3.05, 3.63) is 77.4 Å². The van der Waals surface area contributed by atoms with Crippen LogP contribution in [-0.2, 0) is 0 Å². The number of hydrogen-bond acceptors (Lipinski definition) is 3. The molecule has 0 aromatic heterocycles. The van der Waals surface area contributed by atoms with Crippen LogP contribution in [0.5, 0.6) is 0 Å². The number of rotatable bonds is 4. The van der Waals surface area contributed by atoms with Gasteiger partial charge in [-0.15, -0.1) is 0 Å². The number of nitrogens with zero attached hydrogens (tertiary/aromatic N) is 1. The lowest BCUT2D eigenvalue weighted by molar-refractivity contribution is 0.105. The van der Waals surface area contributed by atoms with Crippen molar-refractivity contribution in [1.29, 1.82) is 5.26 Å². The zero-order valence-corrected chi connectivity index (χ0v) is 11.9. The minimum absolute atomic E-state index is 0.0325. The van der Waals surface area contributed by atoms with Gasteiger partial charge in [0.2, 0.25) is 0 Å². The first-order valence-electron chi connectivity index (χ1n) is 6.24. The van der Waals surface area contributed by atoms with Gasteiger partial charge in [-0.25, -0.2) is 0 Å². The van der Waals surface area contributed by atoms with E-state index in [1.54, 1.807) is 48.5 Å². The van der Waals surface area contributed by atoms with E-state index in [0.717, 1.165) is 0 Å². The first kappa shape index (κ1) is 14.6. The number of Topliss-reactive ketones (excluding diaryl/α,β-unsaturated/α-hetero) is 1. The Balaban J connectivity index is 2.67. The van der Waals surface area contributed by atoms with Crippen LogP contribution in [0.4, 0.5) is 0 Å². The Morgan fingerprint density at radius 3 is 1.86 bits per heavy atom. The van der Waals surface area contributed by atoms with E-state index < -0.39 is 0 Å². The second-order valence-electron chi connectivity index (χ2n) is 4.29. The summed E-state index contributed by atoms with van der Waals surface area (Å²) in [7, 11) is 0. The minimum Gasteiger partial charge on any atom is -0.389 e. The Labute approximate surface area is 128 Å². The molecule has 0 aliphatic carbocycles. The van der Waals surface area contributed by atoms with Crippen molar-refractivity contribution in [3.63, 3.8) is 0 Å². The van der Waals surface area contributed by atoms with E-state index in [1.807, 2.05) is 18.2 Å². The average Bonchev–Trinajstić information content (AvgIpc) is 2.53. The molecule has 4 heteroatoms. The van der Waals surface area contributed by atoms with Crippen molar-refractivity contribution < 1.29 is 4.79 Å². The summed E-state index contributed by atoms with van der Waals surface area (Å²) in [6, 6.07) is 19.6. The van der Waals surface area contributed by atoms with Gasteiger partial charge < -0.3 is 5.73 Å². The molecule has 0 radical (unpaired) electrons. The quantitative estimate of drug-likeness (QED) is 0.407. The standard InChI is InChI=1S/C17H12N2OS/c18-11-14(17(19)21)15(12-7-3-1-4-8-12)16(20)13-9-5-2-6-10-13/h1-10H,(H2,19,21)/b15-14+. The molecular formula is C17H12N2OS. The highest BCUT2D eigenvalue weighted by molar-refractivity contribution is 7.80. The molecule has 2 N–H and O–H groups in total. The van der Waals surface area contributed by atoms with E-state index in [2.05, 4.69) is 0 Å². The Kier molecular flexibility index (Phi) is 4.60. The lowest BCUT2D eigenvalue weighted by Gasteiger charge is -2.09. The zero-order chi connectivity index (χ0) is 15.2. The number of benzene rings is 2. The fourth-order valence-corrected chi connectivity index (χ4v) is 2.11. The van der Waals surface area contributed by atoms with Gasteiger partial charge in [-0.1, -0.05) is 72.9 Å². The molecule has 102 valence electrons. The van der Waals surface area contributed by atoms with Gasteiger partial charge in [-0.2, -0.15) is 5.26 Å². The second-order valence-corrected chi connectivity index (χ2v) is 4.73. The van der Waals surface area contributed by atoms with Crippen LogP contribution in [0.15, 0.2) is 66.2 Å². The molecule has 0 fully saturated rings. The van der Waals surface area contributed by atoms with Crippen molar-refractivity contribution in [3.8, 4) is 6.07 Å². The molecule has 0 heterocycles. The van der Waals surface area contributed by atoms with Crippen LogP contribution in [0.2, 0.25) is 0 Å². The third kappa shape index (κ3) is 3.22. The number of ketones is 1. The Hall–Kier alpha value is -2.77. The third-order valence-electron chi connectivity index (χ3n) is 2.93. The van der Waals surface area contributed by atoms with Gasteiger partial charge >= 0.3 is 0 Å². The zero-order valence-electron chi connectivity index (χ0n) is 11.1. The Morgan fingerprint density at radius 2 is 1.43 bits per heavy atom. The monoisotopic (exact) mass is 292 g/mol. The molecule has 0 aliphatic rings. The molecular weight excluding hydrogens is 280 g/mol. The van der Waals surface area contributed by atoms with Gasteiger partial charge in [0.15, 0.2) is 5.78 Å². The summed E-state index contributed by atoms with van der Waals surface area (Å²) in [6.45, 7) is 0. The Bertz CT molecular complexity index is 743. The molecule has 0 saturated heterocycles. The molecule has 2 rings (SSSR count). The molecule has 2 aromatic carbocycles. The van der Waals surface area contributed by atoms with Crippen molar-refractivity contribution in [2.24, 2.45) is 5.73 Å². The first-order chi connectivity index (χ1) is 10.1. The maximum Gasteiger partial charge on any atom is 0.195 e. The molecule has 2 aromatic rings. The Morgan fingerprint density at radius 1 is 0.952 bits per heavy atom. The number of allylic oxidation sites excluding steroid dienone is 1. The number of nitrogens with two attached hydrogens (primary N) is 1. The van der Waals surface area contributed by atoms with Gasteiger partial charge in [-0.3, -0.25) is 4.79 Å². The maximum atomic E-state index is 12.7. The van der Waals surface area contributed by atoms with Crippen molar-refractivity contribution in [2.75, 3.05) is 0 Å². The summed E-state index contributed by atoms with van der Waals surface area (Å²) in [5, 5.41) is 9.30. The summed E-state index contributed by atoms with van der Waals surface area (Å²) >= 11 is 4.91. The third-order valence-corrected chi connectivity index (χ3v) is 3.14. The minimum atomic E-state index is -0.272. The highest BCUT2D eigenvalue weighted by Crippen LogP contribution is 2.23. The van der Waals surface area contributed by atoms with Crippen LogP contribution in [-0.4, -0.2) is 10.8 Å². The fourth-order valence-electron chi connectivity index (χ4n) is 1.96. The highest BCUT2D eigenvalue weighted by atomic mass is 32.1. The summed E-state index contributed by atoms with van der Waals surface area (Å²) in [6.07, 6.45) is 0. The lowest BCUT2D eigenvalue weighted by atomic mass is 9.92. The van der Waals surface area contributed by atoms with Crippen LogP contribution in [0, 0.1) is 11.3 Å². The van der Waals surface area contributed by atoms with Crippen LogP contribution >= 0.6 is 12.2 Å². The predicted octanol–water partition coefficient (Wildman–Crippen LogP) is 3.13. The molecule has 0 aliphatic heterocycles. The fraction of sp³-hybridized carbons (Fsp3) is 0. The molecule has 0 atom stereocenters. The second kappa shape index (κ2) is 6.60. The van der Waals surface area contributed by atoms with E-state index in [9.17, 15) is 10.1 Å². The molecule has 0 bridgehead atoms. The molecule has 0 unspecified atom stereocenters.